The number of hydrogen-bond donors (Lipinski definition) is 0. The van der Waals surface area contributed by atoms with Gasteiger partial charge in [-0.25, -0.2) is 15.0 Å². The molecule has 15 rings (SSSR count). The van der Waals surface area contributed by atoms with Crippen LogP contribution in [0.15, 0.2) is 303 Å². The molecule has 0 N–H and O–H groups in total. The van der Waals surface area contributed by atoms with Crippen molar-refractivity contribution in [2.75, 3.05) is 0 Å². The largest absolute Gasteiger partial charge is 0.309 e. The molecule has 7 heteroatoms. The number of benzene rings is 12. The topological polar surface area (TPSA) is 96.1 Å². The molecular formula is C85H61N7. The highest BCUT2D eigenvalue weighted by Gasteiger charge is 2.18. The van der Waals surface area contributed by atoms with Crippen molar-refractivity contribution < 1.29 is 0 Å². The normalized spacial score (nSPS) is 11.2. The molecule has 92 heavy (non-hydrogen) atoms. The van der Waals surface area contributed by atoms with E-state index in [2.05, 4.69) is 260 Å². The van der Waals surface area contributed by atoms with Crippen molar-refractivity contribution in [1.29, 1.82) is 10.5 Å². The maximum atomic E-state index is 9.86. The van der Waals surface area contributed by atoms with Crippen LogP contribution in [0, 0.1) is 22.7 Å². The number of hydrogen-bond acceptors (Lipinski definition) is 5. The molecule has 0 saturated carbocycles. The van der Waals surface area contributed by atoms with Crippen LogP contribution >= 0.6 is 0 Å². The molecule has 0 radical (unpaired) electrons. The lowest BCUT2D eigenvalue weighted by atomic mass is 9.91. The fourth-order valence-corrected chi connectivity index (χ4v) is 12.9. The van der Waals surface area contributed by atoms with Crippen molar-refractivity contribution in [2.24, 2.45) is 0 Å². The molecule has 0 aliphatic rings. The minimum absolute atomic E-state index is 0.297. The van der Waals surface area contributed by atoms with E-state index in [9.17, 15) is 10.5 Å². The third-order valence-electron chi connectivity index (χ3n) is 17.0. The van der Waals surface area contributed by atoms with E-state index >= 15 is 0 Å². The summed E-state index contributed by atoms with van der Waals surface area (Å²) in [6.07, 6.45) is 4.43. The van der Waals surface area contributed by atoms with Gasteiger partial charge in [-0.15, -0.1) is 0 Å². The number of para-hydroxylation sites is 3. The van der Waals surface area contributed by atoms with Gasteiger partial charge in [0.25, 0.3) is 0 Å². The predicted octanol–water partition coefficient (Wildman–Crippen LogP) is 22.0. The molecule has 12 aromatic carbocycles. The molecule has 0 aliphatic heterocycles. The van der Waals surface area contributed by atoms with Gasteiger partial charge in [0.15, 0.2) is 17.5 Å². The van der Waals surface area contributed by atoms with Crippen LogP contribution in [0.4, 0.5) is 0 Å². The van der Waals surface area contributed by atoms with Crippen LogP contribution in [0.5, 0.6) is 0 Å². The molecule has 0 unspecified atom stereocenters. The van der Waals surface area contributed by atoms with Crippen LogP contribution in [0.3, 0.4) is 0 Å². The van der Waals surface area contributed by atoms with Gasteiger partial charge < -0.3 is 9.13 Å². The Hall–Kier alpha value is -12.3. The first-order chi connectivity index (χ1) is 45.3. The quantitative estimate of drug-likeness (QED) is 0.151. The fraction of sp³-hybridized carbons (Fsp3) is 0.0471. The van der Waals surface area contributed by atoms with Gasteiger partial charge in [0, 0.05) is 49.6 Å². The molecule has 0 amide bonds. The highest BCUT2D eigenvalue weighted by atomic mass is 15.0. The van der Waals surface area contributed by atoms with Crippen molar-refractivity contribution in [1.82, 2.24) is 24.1 Å². The molecule has 0 spiro atoms. The smallest absolute Gasteiger partial charge is 0.164 e. The van der Waals surface area contributed by atoms with Crippen molar-refractivity contribution in [3.63, 3.8) is 0 Å². The number of allylic oxidation sites excluding steroid dienone is 1. The lowest BCUT2D eigenvalue weighted by Gasteiger charge is -2.15. The Morgan fingerprint density at radius 2 is 0.663 bits per heavy atom. The summed E-state index contributed by atoms with van der Waals surface area (Å²) in [5, 5.41) is 31.2. The Morgan fingerprint density at radius 3 is 1.13 bits per heavy atom. The minimum Gasteiger partial charge on any atom is -0.309 e. The third-order valence-corrected chi connectivity index (χ3v) is 17.0. The lowest BCUT2D eigenvalue weighted by Crippen LogP contribution is -2.01. The summed E-state index contributed by atoms with van der Waals surface area (Å²) in [5.41, 5.74) is 14.5. The minimum atomic E-state index is 0.297. The second-order valence-corrected chi connectivity index (χ2v) is 23.0. The molecule has 15 aromatic rings. The van der Waals surface area contributed by atoms with E-state index in [-0.39, 0.29) is 0 Å². The zero-order chi connectivity index (χ0) is 62.5. The molecule has 3 heterocycles. The van der Waals surface area contributed by atoms with Crippen LogP contribution < -0.4 is 0 Å². The lowest BCUT2D eigenvalue weighted by molar-refractivity contribution is 0.876. The molecule has 0 saturated heterocycles. The number of nitrogens with zero attached hydrogens (tertiary/aromatic N) is 7. The Morgan fingerprint density at radius 1 is 0.315 bits per heavy atom. The summed E-state index contributed by atoms with van der Waals surface area (Å²) in [5.74, 6) is 2.22. The van der Waals surface area contributed by atoms with Gasteiger partial charge in [0.2, 0.25) is 0 Å². The van der Waals surface area contributed by atoms with Gasteiger partial charge in [-0.1, -0.05) is 250 Å². The average molecular weight is 1180 g/mol. The van der Waals surface area contributed by atoms with E-state index in [4.69, 9.17) is 15.0 Å². The zero-order valence-electron chi connectivity index (χ0n) is 51.2. The van der Waals surface area contributed by atoms with E-state index < -0.39 is 0 Å². The van der Waals surface area contributed by atoms with E-state index in [1.807, 2.05) is 84.9 Å². The van der Waals surface area contributed by atoms with Crippen LogP contribution in [-0.2, 0) is 0 Å². The van der Waals surface area contributed by atoms with E-state index in [1.54, 1.807) is 6.07 Å². The second kappa shape index (κ2) is 25.4. The summed E-state index contributed by atoms with van der Waals surface area (Å²) < 4.78 is 4.59. The van der Waals surface area contributed by atoms with Crippen LogP contribution in [-0.4, -0.2) is 24.1 Å². The Labute approximate surface area is 534 Å². The summed E-state index contributed by atoms with van der Waals surface area (Å²) >= 11 is 0. The van der Waals surface area contributed by atoms with Crippen LogP contribution in [0.25, 0.3) is 139 Å². The van der Waals surface area contributed by atoms with Gasteiger partial charge in [0.05, 0.1) is 45.3 Å². The summed E-state index contributed by atoms with van der Waals surface area (Å²) in [7, 11) is 0. The fourth-order valence-electron chi connectivity index (χ4n) is 12.9. The SMILES string of the molecule is C/C=C\c1c(C(C)C)c2ccccc2c2ccccc2n(-c2ccc(-c3nc(-c4ccccc4)nc(-c4ccccc4)n3)cc2)c2ccccc12.N#Cc1cc(C#N)cc(-n2c3ccccc3c3ccccc3c3ccccc3c3cc(-c4ccccc4)ccc32)c1. The van der Waals surface area contributed by atoms with E-state index in [1.165, 1.54) is 32.7 Å². The number of fused-ring (bicyclic) bond motifs is 11. The van der Waals surface area contributed by atoms with E-state index in [0.29, 0.717) is 34.5 Å². The first-order valence-electron chi connectivity index (χ1n) is 31.0. The van der Waals surface area contributed by atoms with Crippen molar-refractivity contribution in [3.8, 4) is 68.8 Å². The molecular weight excluding hydrogens is 1120 g/mol. The van der Waals surface area contributed by atoms with Crippen molar-refractivity contribution >= 4 is 82.0 Å². The van der Waals surface area contributed by atoms with Gasteiger partial charge >= 0.3 is 0 Å². The van der Waals surface area contributed by atoms with Gasteiger partial charge in [0.1, 0.15) is 0 Å². The van der Waals surface area contributed by atoms with E-state index in [0.717, 1.165) is 93.6 Å². The molecule has 0 aliphatic carbocycles. The highest BCUT2D eigenvalue weighted by Crippen LogP contribution is 2.39. The Bertz CT molecular complexity index is 5480. The second-order valence-electron chi connectivity index (χ2n) is 23.0. The molecule has 3 aromatic heterocycles. The van der Waals surface area contributed by atoms with Gasteiger partial charge in [-0.05, 0) is 140 Å². The summed E-state index contributed by atoms with van der Waals surface area (Å²) in [6, 6.07) is 107. The first kappa shape index (κ1) is 57.5. The molecule has 0 bridgehead atoms. The molecule has 0 fully saturated rings. The molecule has 7 nitrogen and oxygen atoms in total. The number of aromatic nitrogens is 5. The number of nitriles is 2. The zero-order valence-corrected chi connectivity index (χ0v) is 51.2. The van der Waals surface area contributed by atoms with Crippen molar-refractivity contribution in [3.05, 3.63) is 326 Å². The standard InChI is InChI=1S/C47H38N4.C38H23N3/c1-4-17-40-39-24-14-16-27-43(39)51(42-26-15-13-23-38(42)37-22-11-12-25-41(37)44(40)32(2)3)36-30-28-35(29-31-36)47-49-45(33-18-7-5-8-19-33)48-46(50-47)34-20-9-6-10-21-34;39-24-26-20-27(25-40)22-30(21-26)41-37-17-9-8-16-35(37)33-14-6-4-12-31(33)32-13-5-7-15-34(32)36-23-29(18-19-38(36)41)28-10-2-1-3-11-28/h4-32H,1-3H3;1-23H/b17-4-,44-40?;. The summed E-state index contributed by atoms with van der Waals surface area (Å²) in [4.78, 5) is 14.9. The number of rotatable bonds is 8. The van der Waals surface area contributed by atoms with Crippen LogP contribution in [0.2, 0.25) is 0 Å². The summed E-state index contributed by atoms with van der Waals surface area (Å²) in [6.45, 7) is 6.70. The first-order valence-corrected chi connectivity index (χ1v) is 31.0. The third kappa shape index (κ3) is 11.0. The van der Waals surface area contributed by atoms with Crippen LogP contribution in [0.1, 0.15) is 48.9 Å². The monoisotopic (exact) mass is 1180 g/mol. The predicted molar refractivity (Wildman–Crippen MR) is 383 cm³/mol. The Balaban J connectivity index is 0.000000164. The van der Waals surface area contributed by atoms with Gasteiger partial charge in [-0.2, -0.15) is 10.5 Å². The Kier molecular flexibility index (Phi) is 15.9. The van der Waals surface area contributed by atoms with Gasteiger partial charge in [-0.3, -0.25) is 0 Å². The average Bonchev–Trinajstić information content (AvgIpc) is 1.58. The molecule has 436 valence electrons. The highest BCUT2D eigenvalue weighted by molar-refractivity contribution is 6.20. The van der Waals surface area contributed by atoms with Crippen molar-refractivity contribution in [2.45, 2.75) is 26.7 Å². The maximum absolute atomic E-state index is 9.86. The molecule has 0 atom stereocenters. The maximum Gasteiger partial charge on any atom is 0.164 e.